The number of terminal acetylenes is 1. The number of fused-ring (bicyclic) bond motifs is 1. The lowest BCUT2D eigenvalue weighted by Crippen LogP contribution is -2.48. The smallest absolute Gasteiger partial charge is 0.192 e. The summed E-state index contributed by atoms with van der Waals surface area (Å²) >= 11 is 0. The van der Waals surface area contributed by atoms with Gasteiger partial charge in [-0.2, -0.15) is 0 Å². The number of aromatic nitrogens is 4. The number of ether oxygens (including phenoxy) is 1. The van der Waals surface area contributed by atoms with Crippen molar-refractivity contribution >= 4 is 25.3 Å². The van der Waals surface area contributed by atoms with Crippen molar-refractivity contribution in [2.24, 2.45) is 0 Å². The maximum absolute atomic E-state index is 10.8. The fourth-order valence-corrected chi connectivity index (χ4v) is 4.33. The molecule has 0 aliphatic carbocycles. The van der Waals surface area contributed by atoms with E-state index in [1.807, 2.05) is 0 Å². The van der Waals surface area contributed by atoms with Crippen LogP contribution < -0.4 is 5.32 Å². The molecule has 1 aliphatic rings. The Kier molecular flexibility index (Phi) is 5.98. The van der Waals surface area contributed by atoms with E-state index in [0.29, 0.717) is 23.5 Å². The van der Waals surface area contributed by atoms with Crippen molar-refractivity contribution in [3.8, 4) is 12.3 Å². The maximum Gasteiger partial charge on any atom is 0.192 e. The Labute approximate surface area is 171 Å². The number of hydrogen-bond acceptors (Lipinski definition) is 8. The third-order valence-corrected chi connectivity index (χ3v) is 10.2. The van der Waals surface area contributed by atoms with Gasteiger partial charge in [0.15, 0.2) is 31.5 Å². The van der Waals surface area contributed by atoms with Crippen molar-refractivity contribution in [2.45, 2.75) is 63.4 Å². The van der Waals surface area contributed by atoms with Crippen molar-refractivity contribution in [2.75, 3.05) is 18.5 Å². The topological polar surface area (TPSA) is 115 Å². The van der Waals surface area contributed by atoms with Gasteiger partial charge in [-0.3, -0.25) is 4.57 Å². The van der Waals surface area contributed by atoms with Crippen molar-refractivity contribution in [3.05, 3.63) is 12.7 Å². The second-order valence-corrected chi connectivity index (χ2v) is 13.4. The van der Waals surface area contributed by atoms with Crippen molar-refractivity contribution < 1.29 is 19.4 Å². The summed E-state index contributed by atoms with van der Waals surface area (Å²) in [6, 6.07) is 0. The number of hydrogen-bond donors (Lipinski definition) is 3. The molecule has 1 saturated heterocycles. The number of nitrogens with zero attached hydrogens (tertiary/aromatic N) is 4. The van der Waals surface area contributed by atoms with Gasteiger partial charge in [-0.1, -0.05) is 26.7 Å². The van der Waals surface area contributed by atoms with Crippen LogP contribution in [0.4, 0.5) is 5.82 Å². The van der Waals surface area contributed by atoms with Gasteiger partial charge >= 0.3 is 0 Å². The van der Waals surface area contributed by atoms with Gasteiger partial charge in [0.25, 0.3) is 0 Å². The molecule has 2 aromatic rings. The van der Waals surface area contributed by atoms with Gasteiger partial charge in [0.05, 0.1) is 19.5 Å². The zero-order valence-electron chi connectivity index (χ0n) is 17.5. The molecule has 0 amide bonds. The highest BCUT2D eigenvalue weighted by Crippen LogP contribution is 2.42. The molecule has 1 fully saturated rings. The van der Waals surface area contributed by atoms with Crippen LogP contribution in [0.2, 0.25) is 18.1 Å². The molecule has 158 valence electrons. The Morgan fingerprint density at radius 1 is 1.34 bits per heavy atom. The minimum Gasteiger partial charge on any atom is -0.407 e. The number of rotatable bonds is 6. The maximum atomic E-state index is 10.8. The lowest BCUT2D eigenvalue weighted by Gasteiger charge is -2.40. The average Bonchev–Trinajstić information content (AvgIpc) is 3.21. The predicted molar refractivity (Wildman–Crippen MR) is 112 cm³/mol. The highest BCUT2D eigenvalue weighted by atomic mass is 28.4. The molecule has 0 aromatic carbocycles. The quantitative estimate of drug-likeness (QED) is 0.477. The summed E-state index contributed by atoms with van der Waals surface area (Å²) in [6.07, 6.45) is 5.24. The molecule has 0 unspecified atom stereocenters. The zero-order valence-corrected chi connectivity index (χ0v) is 18.5. The number of nitrogens with one attached hydrogen (secondary N) is 1. The first-order valence-corrected chi connectivity index (χ1v) is 12.5. The van der Waals surface area contributed by atoms with E-state index in [1.54, 1.807) is 10.9 Å². The van der Waals surface area contributed by atoms with Crippen LogP contribution in [-0.2, 0) is 9.16 Å². The summed E-state index contributed by atoms with van der Waals surface area (Å²) in [5.41, 5.74) is 1.07. The largest absolute Gasteiger partial charge is 0.407 e. The van der Waals surface area contributed by atoms with Crippen LogP contribution in [0.5, 0.6) is 0 Å². The van der Waals surface area contributed by atoms with E-state index in [1.165, 1.54) is 6.33 Å². The zero-order chi connectivity index (χ0) is 21.4. The second kappa shape index (κ2) is 8.01. The predicted octanol–water partition coefficient (Wildman–Crippen LogP) is 1.51. The molecular formula is C19H29N5O4Si. The molecule has 2 aromatic heterocycles. The normalized spacial score (nSPS) is 25.3. The van der Waals surface area contributed by atoms with Crippen molar-refractivity contribution in [3.63, 3.8) is 0 Å². The van der Waals surface area contributed by atoms with E-state index >= 15 is 0 Å². The van der Waals surface area contributed by atoms with Gasteiger partial charge in [-0.05, 0) is 18.1 Å². The Morgan fingerprint density at radius 3 is 2.69 bits per heavy atom. The molecule has 29 heavy (non-hydrogen) atoms. The van der Waals surface area contributed by atoms with Gasteiger partial charge in [0.2, 0.25) is 0 Å². The standard InChI is InChI=1S/C19H29N5O4Si/c1-7-8-20-16-13-17(22-10-21-16)24(11-23-13)18-15(14(26)12(9-25)27-18)28-29(5,6)19(2,3)4/h1,10-12,14-15,18,25-26H,8-9H2,2-6H3,(H,20,21,22)/t12-,14-,15-,18-/m1/s1. The number of imidazole rings is 1. The van der Waals surface area contributed by atoms with E-state index < -0.39 is 32.9 Å². The Morgan fingerprint density at radius 2 is 2.07 bits per heavy atom. The molecule has 0 radical (unpaired) electrons. The van der Waals surface area contributed by atoms with Crippen molar-refractivity contribution in [1.29, 1.82) is 0 Å². The summed E-state index contributed by atoms with van der Waals surface area (Å²) < 4.78 is 14.2. The minimum atomic E-state index is -2.23. The highest BCUT2D eigenvalue weighted by molar-refractivity contribution is 6.74. The second-order valence-electron chi connectivity index (χ2n) is 8.69. The number of anilines is 1. The summed E-state index contributed by atoms with van der Waals surface area (Å²) in [4.78, 5) is 12.9. The van der Waals surface area contributed by atoms with Crippen molar-refractivity contribution in [1.82, 2.24) is 19.5 Å². The first kappa shape index (κ1) is 21.7. The van der Waals surface area contributed by atoms with Crippen LogP contribution >= 0.6 is 0 Å². The first-order chi connectivity index (χ1) is 13.6. The fourth-order valence-electron chi connectivity index (χ4n) is 3.04. The van der Waals surface area contributed by atoms with Crippen LogP contribution in [0.3, 0.4) is 0 Å². The highest BCUT2D eigenvalue weighted by Gasteiger charge is 2.50. The van der Waals surface area contributed by atoms with Crippen LogP contribution in [0.25, 0.3) is 11.2 Å². The molecular weight excluding hydrogens is 390 g/mol. The van der Waals surface area contributed by atoms with Gasteiger partial charge in [-0.15, -0.1) is 6.42 Å². The fraction of sp³-hybridized carbons (Fsp3) is 0.632. The summed E-state index contributed by atoms with van der Waals surface area (Å²) in [7, 11) is -2.23. The van der Waals surface area contributed by atoms with E-state index in [0.717, 1.165) is 0 Å². The molecule has 3 rings (SSSR count). The summed E-state index contributed by atoms with van der Waals surface area (Å²) in [6.45, 7) is 10.6. The first-order valence-electron chi connectivity index (χ1n) is 9.58. The van der Waals surface area contributed by atoms with E-state index in [4.69, 9.17) is 15.6 Å². The molecule has 1 aliphatic heterocycles. The van der Waals surface area contributed by atoms with Gasteiger partial charge < -0.3 is 24.7 Å². The molecule has 3 heterocycles. The Balaban J connectivity index is 2.00. The van der Waals surface area contributed by atoms with Gasteiger partial charge in [0, 0.05) is 0 Å². The lowest BCUT2D eigenvalue weighted by molar-refractivity contribution is -0.0497. The Bertz CT molecular complexity index is 904. The van der Waals surface area contributed by atoms with E-state index in [2.05, 4.69) is 60.1 Å². The molecule has 4 atom stereocenters. The van der Waals surface area contributed by atoms with Gasteiger partial charge in [0.1, 0.15) is 24.6 Å². The molecule has 9 nitrogen and oxygen atoms in total. The third-order valence-electron chi connectivity index (χ3n) is 5.72. The number of aliphatic hydroxyl groups is 2. The minimum absolute atomic E-state index is 0.0555. The van der Waals surface area contributed by atoms with Crippen LogP contribution in [0, 0.1) is 12.3 Å². The monoisotopic (exact) mass is 419 g/mol. The van der Waals surface area contributed by atoms with E-state index in [9.17, 15) is 10.2 Å². The SMILES string of the molecule is C#CCNc1ncnc2c1ncn2[C@@H]1O[C@H](CO)[C@@H](O)[C@H]1O[Si](C)(C)C(C)(C)C. The lowest BCUT2D eigenvalue weighted by atomic mass is 10.1. The molecule has 10 heteroatoms. The summed E-state index contributed by atoms with van der Waals surface area (Å²) in [5.74, 6) is 3.02. The number of aliphatic hydroxyl groups excluding tert-OH is 2. The molecule has 0 saturated carbocycles. The van der Waals surface area contributed by atoms with E-state index in [-0.39, 0.29) is 11.6 Å². The van der Waals surface area contributed by atoms with Gasteiger partial charge in [-0.25, -0.2) is 15.0 Å². The summed E-state index contributed by atoms with van der Waals surface area (Å²) in [5, 5.41) is 23.4. The molecule has 3 N–H and O–H groups in total. The Hall–Kier alpha value is -2.03. The van der Waals surface area contributed by atoms with Crippen LogP contribution in [0.15, 0.2) is 12.7 Å². The van der Waals surface area contributed by atoms with Crippen LogP contribution in [-0.4, -0.2) is 69.5 Å². The molecule has 0 bridgehead atoms. The van der Waals surface area contributed by atoms with Crippen LogP contribution in [0.1, 0.15) is 27.0 Å². The molecule has 0 spiro atoms. The third kappa shape index (κ3) is 4.01. The average molecular weight is 420 g/mol.